The molecule has 30 heavy (non-hydrogen) atoms. The largest absolute Gasteiger partial charge is 0.354 e. The molecule has 0 bridgehead atoms. The predicted molar refractivity (Wildman–Crippen MR) is 121 cm³/mol. The molecule has 0 atom stereocenters. The molecule has 0 spiro atoms. The van der Waals surface area contributed by atoms with Crippen LogP contribution >= 0.6 is 11.8 Å². The van der Waals surface area contributed by atoms with Crippen LogP contribution in [0, 0.1) is 20.8 Å². The van der Waals surface area contributed by atoms with Crippen molar-refractivity contribution in [3.8, 4) is 0 Å². The van der Waals surface area contributed by atoms with Crippen LogP contribution in [0.15, 0.2) is 47.4 Å². The summed E-state index contributed by atoms with van der Waals surface area (Å²) in [5.74, 6) is -0.168. The van der Waals surface area contributed by atoms with Crippen LogP contribution in [-0.2, 0) is 19.6 Å². The third-order valence-electron chi connectivity index (χ3n) is 4.17. The minimum Gasteiger partial charge on any atom is -0.354 e. The molecule has 0 fully saturated rings. The third-order valence-corrected chi connectivity index (χ3v) is 6.71. The lowest BCUT2D eigenvalue weighted by Crippen LogP contribution is -2.35. The first-order valence-electron chi connectivity index (χ1n) is 9.45. The first-order valence-corrected chi connectivity index (χ1v) is 12.1. The normalized spacial score (nSPS) is 11.2. The summed E-state index contributed by atoms with van der Waals surface area (Å²) in [4.78, 5) is 24.0. The van der Waals surface area contributed by atoms with Gasteiger partial charge in [-0.2, -0.15) is 0 Å². The fraction of sp³-hybridized carbons (Fsp3) is 0.333. The first kappa shape index (κ1) is 23.9. The van der Waals surface area contributed by atoms with E-state index >= 15 is 0 Å². The number of hydrogen-bond acceptors (Lipinski definition) is 5. The van der Waals surface area contributed by atoms with Gasteiger partial charge in [-0.1, -0.05) is 29.8 Å². The Kier molecular flexibility index (Phi) is 8.88. The number of hydrogen-bond donors (Lipinski definition) is 3. The summed E-state index contributed by atoms with van der Waals surface area (Å²) in [5.41, 5.74) is 3.34. The summed E-state index contributed by atoms with van der Waals surface area (Å²) >= 11 is 1.19. The Morgan fingerprint density at radius 1 is 0.867 bits per heavy atom. The van der Waals surface area contributed by atoms with Crippen LogP contribution in [-0.4, -0.2) is 44.8 Å². The van der Waals surface area contributed by atoms with Crippen molar-refractivity contribution in [2.24, 2.45) is 0 Å². The standard InChI is InChI=1S/C21H27N3O4S2/c1-15-5-8-18(9-6-15)24-21(26)14-29-13-20(25)22-10-11-23-30(27,28)19-12-16(2)4-7-17(19)3/h4-9,12,23H,10-11,13-14H2,1-3H3,(H,22,25)(H,24,26). The van der Waals surface area contributed by atoms with E-state index in [0.29, 0.717) is 11.3 Å². The number of nitrogens with one attached hydrogen (secondary N) is 3. The van der Waals surface area contributed by atoms with Gasteiger partial charge in [-0.25, -0.2) is 13.1 Å². The molecule has 2 aromatic rings. The van der Waals surface area contributed by atoms with Crippen molar-refractivity contribution in [2.45, 2.75) is 25.7 Å². The Labute approximate surface area is 182 Å². The second-order valence-electron chi connectivity index (χ2n) is 6.92. The van der Waals surface area contributed by atoms with Gasteiger partial charge in [0, 0.05) is 18.8 Å². The van der Waals surface area contributed by atoms with E-state index in [1.807, 2.05) is 44.2 Å². The maximum atomic E-state index is 12.4. The van der Waals surface area contributed by atoms with E-state index in [9.17, 15) is 18.0 Å². The molecule has 2 rings (SSSR count). The maximum Gasteiger partial charge on any atom is 0.240 e. The van der Waals surface area contributed by atoms with E-state index in [0.717, 1.165) is 11.1 Å². The lowest BCUT2D eigenvalue weighted by Gasteiger charge is -2.11. The molecule has 3 N–H and O–H groups in total. The molecule has 0 saturated heterocycles. The molecule has 0 heterocycles. The summed E-state index contributed by atoms with van der Waals surface area (Å²) < 4.78 is 27.3. The van der Waals surface area contributed by atoms with Gasteiger partial charge in [-0.05, 0) is 50.1 Å². The number of carbonyl (C=O) groups excluding carboxylic acids is 2. The van der Waals surface area contributed by atoms with Gasteiger partial charge in [-0.3, -0.25) is 9.59 Å². The minimum absolute atomic E-state index is 0.0834. The monoisotopic (exact) mass is 449 g/mol. The number of rotatable bonds is 10. The molecule has 0 radical (unpaired) electrons. The molecule has 2 aromatic carbocycles. The Bertz CT molecular complexity index is 990. The SMILES string of the molecule is Cc1ccc(NC(=O)CSCC(=O)NCCNS(=O)(=O)c2cc(C)ccc2C)cc1. The van der Waals surface area contributed by atoms with Crippen LogP contribution in [0.4, 0.5) is 5.69 Å². The highest BCUT2D eigenvalue weighted by Gasteiger charge is 2.16. The molecular weight excluding hydrogens is 422 g/mol. The van der Waals surface area contributed by atoms with Gasteiger partial charge in [0.2, 0.25) is 21.8 Å². The van der Waals surface area contributed by atoms with E-state index in [-0.39, 0.29) is 41.3 Å². The highest BCUT2D eigenvalue weighted by atomic mass is 32.2. The zero-order valence-electron chi connectivity index (χ0n) is 17.3. The fourth-order valence-electron chi connectivity index (χ4n) is 2.58. The van der Waals surface area contributed by atoms with Gasteiger partial charge in [0.25, 0.3) is 0 Å². The van der Waals surface area contributed by atoms with E-state index in [1.165, 1.54) is 11.8 Å². The lowest BCUT2D eigenvalue weighted by molar-refractivity contribution is -0.118. The number of sulfonamides is 1. The van der Waals surface area contributed by atoms with Crippen LogP contribution in [0.1, 0.15) is 16.7 Å². The molecule has 0 saturated carbocycles. The minimum atomic E-state index is -3.63. The molecule has 0 aromatic heterocycles. The quantitative estimate of drug-likeness (QED) is 0.483. The van der Waals surface area contributed by atoms with Crippen molar-refractivity contribution in [3.05, 3.63) is 59.2 Å². The highest BCUT2D eigenvalue weighted by molar-refractivity contribution is 8.00. The Balaban J connectivity index is 1.65. The smallest absolute Gasteiger partial charge is 0.240 e. The van der Waals surface area contributed by atoms with Crippen molar-refractivity contribution in [3.63, 3.8) is 0 Å². The van der Waals surface area contributed by atoms with Crippen molar-refractivity contribution < 1.29 is 18.0 Å². The average molecular weight is 450 g/mol. The van der Waals surface area contributed by atoms with Crippen molar-refractivity contribution in [2.75, 3.05) is 29.9 Å². The van der Waals surface area contributed by atoms with E-state index in [2.05, 4.69) is 15.4 Å². The summed E-state index contributed by atoms with van der Waals surface area (Å²) in [6, 6.07) is 12.7. The van der Waals surface area contributed by atoms with E-state index in [4.69, 9.17) is 0 Å². The van der Waals surface area contributed by atoms with Crippen molar-refractivity contribution in [1.82, 2.24) is 10.0 Å². The number of amides is 2. The van der Waals surface area contributed by atoms with Gasteiger partial charge in [-0.15, -0.1) is 11.8 Å². The molecule has 162 valence electrons. The van der Waals surface area contributed by atoms with Crippen molar-refractivity contribution in [1.29, 1.82) is 0 Å². The third kappa shape index (κ3) is 7.81. The molecule has 0 unspecified atom stereocenters. The number of carbonyl (C=O) groups is 2. The Hall–Kier alpha value is -2.36. The van der Waals surface area contributed by atoms with Crippen molar-refractivity contribution >= 4 is 39.3 Å². The topological polar surface area (TPSA) is 104 Å². The van der Waals surface area contributed by atoms with Crippen LogP contribution < -0.4 is 15.4 Å². The summed E-state index contributed by atoms with van der Waals surface area (Å²) in [5, 5.41) is 5.41. The number of aryl methyl sites for hydroxylation is 3. The Morgan fingerprint density at radius 3 is 2.20 bits per heavy atom. The summed E-state index contributed by atoms with van der Waals surface area (Å²) in [6.07, 6.45) is 0. The molecule has 9 heteroatoms. The first-order chi connectivity index (χ1) is 14.2. The molecule has 7 nitrogen and oxygen atoms in total. The second kappa shape index (κ2) is 11.1. The second-order valence-corrected chi connectivity index (χ2v) is 9.64. The van der Waals surface area contributed by atoms with Crippen LogP contribution in [0.5, 0.6) is 0 Å². The summed E-state index contributed by atoms with van der Waals surface area (Å²) in [6.45, 7) is 5.78. The van der Waals surface area contributed by atoms with Crippen LogP contribution in [0.3, 0.4) is 0 Å². The molecular formula is C21H27N3O4S2. The van der Waals surface area contributed by atoms with E-state index in [1.54, 1.807) is 19.1 Å². The molecule has 0 aliphatic rings. The number of anilines is 1. The Morgan fingerprint density at radius 2 is 1.50 bits per heavy atom. The highest BCUT2D eigenvalue weighted by Crippen LogP contribution is 2.16. The van der Waals surface area contributed by atoms with Gasteiger partial charge in [0.15, 0.2) is 0 Å². The molecule has 0 aliphatic carbocycles. The zero-order chi connectivity index (χ0) is 22.1. The lowest BCUT2D eigenvalue weighted by atomic mass is 10.2. The van der Waals surface area contributed by atoms with Gasteiger partial charge >= 0.3 is 0 Å². The predicted octanol–water partition coefficient (Wildman–Crippen LogP) is 2.38. The fourth-order valence-corrected chi connectivity index (χ4v) is 4.59. The van der Waals surface area contributed by atoms with Crippen LogP contribution in [0.2, 0.25) is 0 Å². The molecule has 0 aliphatic heterocycles. The summed E-state index contributed by atoms with van der Waals surface area (Å²) in [7, 11) is -3.63. The van der Waals surface area contributed by atoms with Crippen LogP contribution in [0.25, 0.3) is 0 Å². The van der Waals surface area contributed by atoms with Gasteiger partial charge < -0.3 is 10.6 Å². The maximum absolute atomic E-state index is 12.4. The van der Waals surface area contributed by atoms with Gasteiger partial charge in [0.05, 0.1) is 16.4 Å². The zero-order valence-corrected chi connectivity index (χ0v) is 19.0. The number of benzene rings is 2. The number of thioether (sulfide) groups is 1. The van der Waals surface area contributed by atoms with E-state index < -0.39 is 10.0 Å². The molecule has 2 amide bonds. The average Bonchev–Trinajstić information content (AvgIpc) is 2.69. The van der Waals surface area contributed by atoms with Gasteiger partial charge in [0.1, 0.15) is 0 Å².